The van der Waals surface area contributed by atoms with Gasteiger partial charge in [0, 0.05) is 23.9 Å². The van der Waals surface area contributed by atoms with Crippen LogP contribution in [-0.4, -0.2) is 38.4 Å². The zero-order valence-corrected chi connectivity index (χ0v) is 15.2. The topological polar surface area (TPSA) is 67.2 Å². The normalized spacial score (nSPS) is 19.7. The number of hydrogen-bond acceptors (Lipinski definition) is 4. The number of hydrogen-bond donors (Lipinski definition) is 1. The third-order valence-electron chi connectivity index (χ3n) is 4.16. The molecule has 3 rings (SSSR count). The molecular formula is C17H17F3N4O2S. The molecule has 1 N–H and O–H groups in total. The van der Waals surface area contributed by atoms with Crippen molar-refractivity contribution in [1.29, 1.82) is 0 Å². The maximum Gasteiger partial charge on any atom is 0.283 e. The first-order valence-electron chi connectivity index (χ1n) is 8.05. The van der Waals surface area contributed by atoms with Crippen LogP contribution < -0.4 is 9.62 Å². The summed E-state index contributed by atoms with van der Waals surface area (Å²) in [6.45, 7) is 4.43. The fraction of sp³-hybridized carbons (Fsp3) is 0.294. The van der Waals surface area contributed by atoms with Gasteiger partial charge in [-0.25, -0.2) is 22.1 Å². The number of nitrogens with one attached hydrogen (secondary N) is 1. The number of carbonyl (C=O) groups excluding carboxylic acids is 1. The van der Waals surface area contributed by atoms with Gasteiger partial charge in [0.1, 0.15) is 22.6 Å². The van der Waals surface area contributed by atoms with Gasteiger partial charge in [-0.2, -0.15) is 5.10 Å². The van der Waals surface area contributed by atoms with E-state index in [0.717, 1.165) is 5.41 Å². The molecule has 0 saturated carbocycles. The highest BCUT2D eigenvalue weighted by Crippen LogP contribution is 2.36. The Morgan fingerprint density at radius 2 is 2.07 bits per heavy atom. The van der Waals surface area contributed by atoms with Crippen molar-refractivity contribution in [3.05, 3.63) is 53.8 Å². The molecule has 1 saturated heterocycles. The summed E-state index contributed by atoms with van der Waals surface area (Å²) in [7, 11) is -1.79. The van der Waals surface area contributed by atoms with Gasteiger partial charge in [0.2, 0.25) is 0 Å². The first-order chi connectivity index (χ1) is 12.7. The monoisotopic (exact) mass is 398 g/mol. The van der Waals surface area contributed by atoms with Crippen LogP contribution >= 0.6 is 0 Å². The highest BCUT2D eigenvalue weighted by Gasteiger charge is 2.44. The molecule has 1 fully saturated rings. The molecule has 1 amide bonds. The summed E-state index contributed by atoms with van der Waals surface area (Å²) in [5.41, 5.74) is 0.296. The summed E-state index contributed by atoms with van der Waals surface area (Å²) < 4.78 is 55.9. The van der Waals surface area contributed by atoms with Crippen molar-refractivity contribution in [3.8, 4) is 5.69 Å². The fourth-order valence-electron chi connectivity index (χ4n) is 2.96. The largest absolute Gasteiger partial charge is 0.348 e. The Balaban J connectivity index is 2.04. The Kier molecular flexibility index (Phi) is 5.09. The number of amides is 1. The first-order valence-corrected chi connectivity index (χ1v) is 9.26. The minimum absolute atomic E-state index is 0.105. The second kappa shape index (κ2) is 7.18. The number of benzene rings is 1. The lowest BCUT2D eigenvalue weighted by molar-refractivity contribution is 0.0229. The number of rotatable bonds is 5. The van der Waals surface area contributed by atoms with Gasteiger partial charge in [0.15, 0.2) is 5.69 Å². The molecule has 10 heteroatoms. The molecule has 6 nitrogen and oxygen atoms in total. The van der Waals surface area contributed by atoms with Crippen molar-refractivity contribution in [1.82, 2.24) is 14.5 Å². The molecule has 2 aromatic rings. The van der Waals surface area contributed by atoms with Crippen LogP contribution in [0, 0.1) is 5.82 Å². The number of anilines is 1. The molecule has 144 valence electrons. The molecule has 1 aliphatic rings. The van der Waals surface area contributed by atoms with E-state index in [-0.39, 0.29) is 17.9 Å². The number of carbonyl (C=O) groups is 1. The number of alkyl halides is 2. The van der Waals surface area contributed by atoms with E-state index in [0.29, 0.717) is 5.69 Å². The highest BCUT2D eigenvalue weighted by atomic mass is 32.2. The van der Waals surface area contributed by atoms with Crippen LogP contribution in [0.5, 0.6) is 0 Å². The molecule has 2 heterocycles. The Labute approximate surface area is 156 Å². The summed E-state index contributed by atoms with van der Waals surface area (Å²) in [5.74, 6) is -3.81. The summed E-state index contributed by atoms with van der Waals surface area (Å²) in [5, 5.41) is 5.19. The highest BCUT2D eigenvalue weighted by molar-refractivity contribution is 7.86. The summed E-state index contributed by atoms with van der Waals surface area (Å²) in [6.07, 6.45) is -0.330. The van der Waals surface area contributed by atoms with Gasteiger partial charge in [0.05, 0.1) is 12.2 Å². The van der Waals surface area contributed by atoms with Crippen molar-refractivity contribution >= 4 is 22.7 Å². The Morgan fingerprint density at radius 1 is 1.41 bits per heavy atom. The first kappa shape index (κ1) is 19.2. The molecular weight excluding hydrogens is 381 g/mol. The van der Waals surface area contributed by atoms with E-state index in [1.165, 1.54) is 39.9 Å². The van der Waals surface area contributed by atoms with Crippen molar-refractivity contribution in [2.45, 2.75) is 25.3 Å². The van der Waals surface area contributed by atoms with Crippen LogP contribution in [0.3, 0.4) is 0 Å². The van der Waals surface area contributed by atoms with Crippen LogP contribution in [0.15, 0.2) is 42.3 Å². The van der Waals surface area contributed by atoms with E-state index in [9.17, 15) is 22.2 Å². The summed E-state index contributed by atoms with van der Waals surface area (Å²) >= 11 is 0. The van der Waals surface area contributed by atoms with Gasteiger partial charge < -0.3 is 4.90 Å². The van der Waals surface area contributed by atoms with Gasteiger partial charge >= 0.3 is 0 Å². The SMILES string of the molecule is C=CS(=O)NC(=O)c1cc(N2CC(F)(F)C[C@H]2C)n(-c2ccc(F)cc2)n1. The molecule has 0 aliphatic carbocycles. The van der Waals surface area contributed by atoms with E-state index in [4.69, 9.17) is 0 Å². The average molecular weight is 398 g/mol. The van der Waals surface area contributed by atoms with Crippen molar-refractivity contribution in [2.24, 2.45) is 0 Å². The molecule has 0 radical (unpaired) electrons. The molecule has 1 unspecified atom stereocenters. The lowest BCUT2D eigenvalue weighted by Crippen LogP contribution is -2.30. The Bertz CT molecular complexity index is 898. The van der Waals surface area contributed by atoms with E-state index in [1.807, 2.05) is 0 Å². The molecule has 2 atom stereocenters. The maximum atomic E-state index is 13.8. The lowest BCUT2D eigenvalue weighted by atomic mass is 10.2. The van der Waals surface area contributed by atoms with Crippen LogP contribution in [-0.2, 0) is 11.0 Å². The van der Waals surface area contributed by atoms with Crippen molar-refractivity contribution in [3.63, 3.8) is 0 Å². The molecule has 1 aromatic heterocycles. The third kappa shape index (κ3) is 4.05. The fourth-order valence-corrected chi connectivity index (χ4v) is 3.33. The van der Waals surface area contributed by atoms with Gasteiger partial charge in [-0.05, 0) is 31.2 Å². The van der Waals surface area contributed by atoms with Crippen molar-refractivity contribution < 1.29 is 22.2 Å². The Morgan fingerprint density at radius 3 is 2.63 bits per heavy atom. The van der Waals surface area contributed by atoms with E-state index >= 15 is 0 Å². The van der Waals surface area contributed by atoms with Crippen LogP contribution in [0.1, 0.15) is 23.8 Å². The second-order valence-electron chi connectivity index (χ2n) is 6.21. The van der Waals surface area contributed by atoms with Gasteiger partial charge in [-0.3, -0.25) is 9.52 Å². The quantitative estimate of drug-likeness (QED) is 0.841. The molecule has 1 aromatic carbocycles. The van der Waals surface area contributed by atoms with Gasteiger partial charge in [-0.15, -0.1) is 0 Å². The van der Waals surface area contributed by atoms with E-state index < -0.39 is 41.2 Å². The lowest BCUT2D eigenvalue weighted by Gasteiger charge is -2.23. The summed E-state index contributed by atoms with van der Waals surface area (Å²) in [6, 6.07) is 6.11. The summed E-state index contributed by atoms with van der Waals surface area (Å²) in [4.78, 5) is 13.7. The predicted octanol–water partition coefficient (Wildman–Crippen LogP) is 2.78. The van der Waals surface area contributed by atoms with Gasteiger partial charge in [-0.1, -0.05) is 6.58 Å². The predicted molar refractivity (Wildman–Crippen MR) is 95.7 cm³/mol. The smallest absolute Gasteiger partial charge is 0.283 e. The van der Waals surface area contributed by atoms with E-state index in [2.05, 4.69) is 16.4 Å². The van der Waals surface area contributed by atoms with Crippen LogP contribution in [0.4, 0.5) is 19.0 Å². The zero-order valence-electron chi connectivity index (χ0n) is 14.4. The molecule has 0 spiro atoms. The van der Waals surface area contributed by atoms with Gasteiger partial charge in [0.25, 0.3) is 11.8 Å². The van der Waals surface area contributed by atoms with Crippen molar-refractivity contribution in [2.75, 3.05) is 11.4 Å². The minimum Gasteiger partial charge on any atom is -0.348 e. The van der Waals surface area contributed by atoms with Crippen LogP contribution in [0.25, 0.3) is 5.69 Å². The zero-order chi connectivity index (χ0) is 19.8. The maximum absolute atomic E-state index is 13.8. The minimum atomic E-state index is -2.87. The van der Waals surface area contributed by atoms with Crippen LogP contribution in [0.2, 0.25) is 0 Å². The van der Waals surface area contributed by atoms with E-state index in [1.54, 1.807) is 6.92 Å². The number of aromatic nitrogens is 2. The molecule has 0 bridgehead atoms. The molecule has 1 aliphatic heterocycles. The molecule has 27 heavy (non-hydrogen) atoms. The second-order valence-corrected chi connectivity index (χ2v) is 7.34. The number of nitrogens with zero attached hydrogens (tertiary/aromatic N) is 3. The third-order valence-corrected chi connectivity index (χ3v) is 4.85. The Hall–Kier alpha value is -2.62. The number of halogens is 3. The average Bonchev–Trinajstić information content (AvgIpc) is 3.15. The standard InChI is InChI=1S/C17H17F3N4O2S/c1-3-27(26)22-16(25)14-8-15(23-10-17(19,20)9-11(23)2)24(21-14)13-6-4-12(18)5-7-13/h3-8,11H,1,9-10H2,2H3,(H,22,25)/t11-,27?/m1/s1.